The van der Waals surface area contributed by atoms with Crippen LogP contribution in [0.1, 0.15) is 16.9 Å². The van der Waals surface area contributed by atoms with Gasteiger partial charge < -0.3 is 24.4 Å². The molecular weight excluding hydrogens is 505 g/mol. The van der Waals surface area contributed by atoms with Gasteiger partial charge in [-0.1, -0.05) is 12.1 Å². The van der Waals surface area contributed by atoms with Crippen molar-refractivity contribution in [2.24, 2.45) is 4.99 Å². The van der Waals surface area contributed by atoms with Crippen molar-refractivity contribution in [3.8, 4) is 0 Å². The first-order chi connectivity index (χ1) is 14.4. The molecule has 170 valence electrons. The second kappa shape index (κ2) is 12.0. The predicted molar refractivity (Wildman–Crippen MR) is 137 cm³/mol. The predicted octanol–water partition coefficient (Wildman–Crippen LogP) is 2.91. The molecule has 0 atom stereocenters. The molecular formula is C23H34IN5O2. The van der Waals surface area contributed by atoms with Crippen LogP contribution in [0.4, 0.5) is 5.69 Å². The van der Waals surface area contributed by atoms with E-state index in [1.54, 1.807) is 25.3 Å². The molecule has 0 unspecified atom stereocenters. The van der Waals surface area contributed by atoms with Crippen LogP contribution in [0.2, 0.25) is 0 Å². The summed E-state index contributed by atoms with van der Waals surface area (Å²) in [6, 6.07) is 10.5. The van der Waals surface area contributed by atoms with Crippen molar-refractivity contribution in [3.05, 3.63) is 53.5 Å². The third-order valence-corrected chi connectivity index (χ3v) is 5.38. The number of nitrogens with one attached hydrogen (secondary N) is 1. The fraction of sp³-hybridized carbons (Fsp3) is 0.478. The minimum absolute atomic E-state index is 0. The summed E-state index contributed by atoms with van der Waals surface area (Å²) in [4.78, 5) is 22.9. The largest absolute Gasteiger partial charge is 0.469 e. The highest BCUT2D eigenvalue weighted by Gasteiger charge is 2.21. The van der Waals surface area contributed by atoms with E-state index in [4.69, 9.17) is 4.42 Å². The topological polar surface area (TPSA) is 64.3 Å². The van der Waals surface area contributed by atoms with Crippen LogP contribution in [0.5, 0.6) is 0 Å². The maximum atomic E-state index is 12.0. The van der Waals surface area contributed by atoms with Gasteiger partial charge in [0.1, 0.15) is 12.3 Å². The minimum Gasteiger partial charge on any atom is -0.469 e. The zero-order valence-corrected chi connectivity index (χ0v) is 21.3. The Labute approximate surface area is 202 Å². The van der Waals surface area contributed by atoms with E-state index in [1.165, 1.54) is 16.8 Å². The normalized spacial score (nSPS) is 14.3. The SMILES string of the molecule is Cc1ccc(C)c(N2CCN(C(=NCC(=O)N(C)C)NCCc3ccco3)CC2)c1.I. The van der Waals surface area contributed by atoms with Crippen LogP contribution in [-0.4, -0.2) is 75.0 Å². The molecule has 2 heterocycles. The Hall–Kier alpha value is -2.23. The summed E-state index contributed by atoms with van der Waals surface area (Å²) in [5, 5.41) is 3.42. The molecule has 1 aliphatic heterocycles. The Bertz CT molecular complexity index is 859. The highest BCUT2D eigenvalue weighted by Crippen LogP contribution is 2.22. The lowest BCUT2D eigenvalue weighted by atomic mass is 10.1. The molecule has 7 nitrogen and oxygen atoms in total. The molecule has 0 bridgehead atoms. The molecule has 31 heavy (non-hydrogen) atoms. The van der Waals surface area contributed by atoms with Gasteiger partial charge in [-0.15, -0.1) is 24.0 Å². The molecule has 1 aromatic carbocycles. The zero-order chi connectivity index (χ0) is 21.5. The number of nitrogens with zero attached hydrogens (tertiary/aromatic N) is 4. The molecule has 8 heteroatoms. The van der Waals surface area contributed by atoms with Gasteiger partial charge in [-0.05, 0) is 43.2 Å². The first-order valence-electron chi connectivity index (χ1n) is 10.5. The van der Waals surface area contributed by atoms with Crippen molar-refractivity contribution in [2.45, 2.75) is 20.3 Å². The molecule has 1 N–H and O–H groups in total. The molecule has 1 aliphatic rings. The summed E-state index contributed by atoms with van der Waals surface area (Å²) in [7, 11) is 3.51. The van der Waals surface area contributed by atoms with E-state index in [9.17, 15) is 4.79 Å². The van der Waals surface area contributed by atoms with Gasteiger partial charge in [0.15, 0.2) is 5.96 Å². The van der Waals surface area contributed by atoms with Gasteiger partial charge in [-0.2, -0.15) is 0 Å². The molecule has 3 rings (SSSR count). The van der Waals surface area contributed by atoms with Crippen LogP contribution in [0, 0.1) is 13.8 Å². The number of halogens is 1. The standard InChI is InChI=1S/C23H33N5O2.HI/c1-18-7-8-19(2)21(16-18)27-11-13-28(14-12-27)23(25-17-22(29)26(3)4)24-10-9-20-6-5-15-30-20;/h5-8,15-16H,9-14,17H2,1-4H3,(H,24,25);1H. The molecule has 1 aromatic heterocycles. The fourth-order valence-corrected chi connectivity index (χ4v) is 3.52. The van der Waals surface area contributed by atoms with E-state index in [0.29, 0.717) is 6.54 Å². The molecule has 0 saturated carbocycles. The Kier molecular flexibility index (Phi) is 9.67. The summed E-state index contributed by atoms with van der Waals surface area (Å²) in [5.41, 5.74) is 3.89. The summed E-state index contributed by atoms with van der Waals surface area (Å²) in [5.74, 6) is 1.72. The van der Waals surface area contributed by atoms with E-state index in [1.807, 2.05) is 12.1 Å². The zero-order valence-electron chi connectivity index (χ0n) is 18.9. The first kappa shape index (κ1) is 25.0. The van der Waals surface area contributed by atoms with Crippen LogP contribution < -0.4 is 10.2 Å². The number of piperazine rings is 1. The number of rotatable bonds is 6. The lowest BCUT2D eigenvalue weighted by Crippen LogP contribution is -2.53. The fourth-order valence-electron chi connectivity index (χ4n) is 3.52. The Morgan fingerprint density at radius 1 is 1.16 bits per heavy atom. The number of guanidine groups is 1. The molecule has 1 fully saturated rings. The third kappa shape index (κ3) is 7.15. The van der Waals surface area contributed by atoms with Crippen LogP contribution in [0.3, 0.4) is 0 Å². The first-order valence-corrected chi connectivity index (χ1v) is 10.5. The van der Waals surface area contributed by atoms with Crippen molar-refractivity contribution in [1.29, 1.82) is 0 Å². The molecule has 1 amide bonds. The molecule has 0 spiro atoms. The van der Waals surface area contributed by atoms with Gasteiger partial charge in [0.05, 0.1) is 6.26 Å². The maximum absolute atomic E-state index is 12.0. The summed E-state index contributed by atoms with van der Waals surface area (Å²) in [6.45, 7) is 8.71. The van der Waals surface area contributed by atoms with Crippen LogP contribution in [0.25, 0.3) is 0 Å². The Morgan fingerprint density at radius 3 is 2.55 bits per heavy atom. The number of carbonyl (C=O) groups excluding carboxylic acids is 1. The molecule has 0 radical (unpaired) electrons. The molecule has 2 aromatic rings. The van der Waals surface area contributed by atoms with E-state index in [0.717, 1.165) is 44.3 Å². The van der Waals surface area contributed by atoms with Gasteiger partial charge in [0.25, 0.3) is 0 Å². The molecule has 0 aliphatic carbocycles. The van der Waals surface area contributed by atoms with E-state index in [2.05, 4.69) is 52.2 Å². The molecule has 1 saturated heterocycles. The number of anilines is 1. The summed E-state index contributed by atoms with van der Waals surface area (Å²) < 4.78 is 5.41. The smallest absolute Gasteiger partial charge is 0.243 e. The Balaban J connectivity index is 0.00000341. The van der Waals surface area contributed by atoms with Crippen LogP contribution >= 0.6 is 24.0 Å². The summed E-state index contributed by atoms with van der Waals surface area (Å²) in [6.07, 6.45) is 2.46. The average Bonchev–Trinajstić information content (AvgIpc) is 3.25. The van der Waals surface area contributed by atoms with E-state index >= 15 is 0 Å². The van der Waals surface area contributed by atoms with Crippen LogP contribution in [0.15, 0.2) is 46.0 Å². The number of aryl methyl sites for hydroxylation is 2. The van der Waals surface area contributed by atoms with Crippen molar-refractivity contribution >= 4 is 41.5 Å². The number of benzene rings is 1. The second-order valence-corrected chi connectivity index (χ2v) is 7.95. The maximum Gasteiger partial charge on any atom is 0.243 e. The number of carbonyl (C=O) groups is 1. The van der Waals surface area contributed by atoms with Gasteiger partial charge in [0.2, 0.25) is 5.91 Å². The van der Waals surface area contributed by atoms with Crippen molar-refractivity contribution in [1.82, 2.24) is 15.1 Å². The number of amides is 1. The van der Waals surface area contributed by atoms with E-state index in [-0.39, 0.29) is 36.4 Å². The number of furan rings is 1. The average molecular weight is 539 g/mol. The van der Waals surface area contributed by atoms with Crippen molar-refractivity contribution in [3.63, 3.8) is 0 Å². The van der Waals surface area contributed by atoms with Gasteiger partial charge >= 0.3 is 0 Å². The lowest BCUT2D eigenvalue weighted by Gasteiger charge is -2.38. The van der Waals surface area contributed by atoms with Crippen molar-refractivity contribution < 1.29 is 9.21 Å². The van der Waals surface area contributed by atoms with Gasteiger partial charge in [0, 0.05) is 58.9 Å². The second-order valence-electron chi connectivity index (χ2n) is 7.95. The third-order valence-electron chi connectivity index (χ3n) is 5.38. The quantitative estimate of drug-likeness (QED) is 0.348. The lowest BCUT2D eigenvalue weighted by molar-refractivity contribution is -0.127. The van der Waals surface area contributed by atoms with Crippen molar-refractivity contribution in [2.75, 3.05) is 58.3 Å². The van der Waals surface area contributed by atoms with Gasteiger partial charge in [-0.25, -0.2) is 4.99 Å². The van der Waals surface area contributed by atoms with E-state index < -0.39 is 0 Å². The number of hydrogen-bond acceptors (Lipinski definition) is 4. The van der Waals surface area contributed by atoms with Gasteiger partial charge in [-0.3, -0.25) is 4.79 Å². The minimum atomic E-state index is -0.00523. The Morgan fingerprint density at radius 2 is 1.90 bits per heavy atom. The highest BCUT2D eigenvalue weighted by molar-refractivity contribution is 14.0. The number of likely N-dealkylation sites (N-methyl/N-ethyl adjacent to an activating group) is 1. The summed E-state index contributed by atoms with van der Waals surface area (Å²) >= 11 is 0. The monoisotopic (exact) mass is 539 g/mol. The number of hydrogen-bond donors (Lipinski definition) is 1. The highest BCUT2D eigenvalue weighted by atomic mass is 127. The van der Waals surface area contributed by atoms with Crippen LogP contribution in [-0.2, 0) is 11.2 Å². The number of aliphatic imine (C=N–C) groups is 1.